The molecule has 0 unspecified atom stereocenters. The Morgan fingerprint density at radius 3 is 2.65 bits per heavy atom. The van der Waals surface area contributed by atoms with Gasteiger partial charge in [0.25, 0.3) is 5.69 Å². The molecule has 0 radical (unpaired) electrons. The van der Waals surface area contributed by atoms with Crippen molar-refractivity contribution in [2.24, 2.45) is 5.41 Å². The molecule has 5 heteroatoms. The third kappa shape index (κ3) is 2.18. The van der Waals surface area contributed by atoms with Gasteiger partial charge < -0.3 is 0 Å². The van der Waals surface area contributed by atoms with Gasteiger partial charge in [0.2, 0.25) is 0 Å². The van der Waals surface area contributed by atoms with E-state index in [9.17, 15) is 19.3 Å². The summed E-state index contributed by atoms with van der Waals surface area (Å²) in [6.45, 7) is 1.48. The van der Waals surface area contributed by atoms with Crippen molar-refractivity contribution < 1.29 is 14.1 Å². The fraction of sp³-hybridized carbons (Fsp3) is 0.417. The number of nitro benzene ring substituents is 1. The minimum atomic E-state index is -0.537. The number of Topliss-reactive ketones (excluding diaryl/α,β-unsaturated/α-hetero) is 1. The second-order valence-electron chi connectivity index (χ2n) is 4.54. The first-order valence-electron chi connectivity index (χ1n) is 5.38. The molecule has 1 aliphatic carbocycles. The average Bonchev–Trinajstić information content (AvgIpc) is 2.98. The average molecular weight is 237 g/mol. The van der Waals surface area contributed by atoms with E-state index in [0.29, 0.717) is 5.56 Å². The minimum Gasteiger partial charge on any atom is -0.299 e. The van der Waals surface area contributed by atoms with Crippen LogP contribution in [0.5, 0.6) is 0 Å². The summed E-state index contributed by atoms with van der Waals surface area (Å²) in [4.78, 5) is 21.7. The first-order chi connectivity index (χ1) is 7.94. The molecule has 2 rings (SSSR count). The van der Waals surface area contributed by atoms with E-state index in [1.807, 2.05) is 0 Å². The van der Waals surface area contributed by atoms with E-state index < -0.39 is 16.2 Å². The summed E-state index contributed by atoms with van der Waals surface area (Å²) in [7, 11) is 0. The lowest BCUT2D eigenvalue weighted by Gasteiger charge is -2.11. The third-order valence-electron chi connectivity index (χ3n) is 3.37. The first-order valence-corrected chi connectivity index (χ1v) is 5.38. The zero-order chi connectivity index (χ0) is 12.6. The Kier molecular flexibility index (Phi) is 2.69. The molecule has 90 valence electrons. The molecule has 0 saturated heterocycles. The highest BCUT2D eigenvalue weighted by molar-refractivity contribution is 5.85. The zero-order valence-electron chi connectivity index (χ0n) is 9.40. The second-order valence-corrected chi connectivity index (χ2v) is 4.54. The Hall–Kier alpha value is -1.78. The van der Waals surface area contributed by atoms with Crippen LogP contribution in [0, 0.1) is 21.3 Å². The summed E-state index contributed by atoms with van der Waals surface area (Å²) in [5, 5.41) is 10.8. The number of carbonyl (C=O) groups is 1. The van der Waals surface area contributed by atoms with Crippen LogP contribution in [0.1, 0.15) is 25.3 Å². The van der Waals surface area contributed by atoms with Crippen LogP contribution in [0.4, 0.5) is 10.1 Å². The Balaban J connectivity index is 2.35. The lowest BCUT2D eigenvalue weighted by Crippen LogP contribution is -2.16. The molecule has 0 bridgehead atoms. The maximum Gasteiger partial charge on any atom is 0.272 e. The van der Waals surface area contributed by atoms with E-state index in [0.717, 1.165) is 31.0 Å². The number of hydrogen-bond acceptors (Lipinski definition) is 3. The number of halogens is 1. The van der Waals surface area contributed by atoms with Crippen molar-refractivity contribution in [3.05, 3.63) is 39.7 Å². The summed E-state index contributed by atoms with van der Waals surface area (Å²) < 4.78 is 13.1. The van der Waals surface area contributed by atoms with Gasteiger partial charge in [0.1, 0.15) is 11.6 Å². The largest absolute Gasteiger partial charge is 0.299 e. The van der Waals surface area contributed by atoms with Gasteiger partial charge in [0.05, 0.1) is 4.92 Å². The molecule has 1 saturated carbocycles. The number of hydrogen-bond donors (Lipinski definition) is 0. The van der Waals surface area contributed by atoms with E-state index in [2.05, 4.69) is 0 Å². The normalized spacial score (nSPS) is 16.6. The summed E-state index contributed by atoms with van der Waals surface area (Å²) in [6.07, 6.45) is 1.72. The van der Waals surface area contributed by atoms with Crippen molar-refractivity contribution in [2.45, 2.75) is 26.2 Å². The fourth-order valence-electron chi connectivity index (χ4n) is 2.04. The van der Waals surface area contributed by atoms with Crippen LogP contribution in [-0.2, 0) is 11.2 Å². The molecule has 0 aliphatic heterocycles. The minimum absolute atomic E-state index is 0.0241. The van der Waals surface area contributed by atoms with Crippen LogP contribution < -0.4 is 0 Å². The molecule has 4 nitrogen and oxygen atoms in total. The van der Waals surface area contributed by atoms with Gasteiger partial charge in [-0.15, -0.1) is 0 Å². The van der Waals surface area contributed by atoms with E-state index in [-0.39, 0.29) is 17.9 Å². The molecule has 0 atom stereocenters. The zero-order valence-corrected chi connectivity index (χ0v) is 9.40. The van der Waals surface area contributed by atoms with E-state index >= 15 is 0 Å². The van der Waals surface area contributed by atoms with Gasteiger partial charge in [-0.2, -0.15) is 0 Å². The van der Waals surface area contributed by atoms with E-state index in [1.54, 1.807) is 0 Å². The molecule has 0 aromatic heterocycles. The quantitative estimate of drug-likeness (QED) is 0.597. The lowest BCUT2D eigenvalue weighted by molar-refractivity contribution is -0.385. The Morgan fingerprint density at radius 2 is 2.18 bits per heavy atom. The van der Waals surface area contributed by atoms with Gasteiger partial charge in [0, 0.05) is 17.0 Å². The standard InChI is InChI=1S/C12H12FNO3/c1-8(15)12(4-5-12)7-9-6-10(13)2-3-11(9)14(16)17/h2-3,6H,4-5,7H2,1H3. The molecule has 1 aromatic carbocycles. The van der Waals surface area contributed by atoms with Crippen molar-refractivity contribution in [3.63, 3.8) is 0 Å². The molecule has 1 aliphatic rings. The van der Waals surface area contributed by atoms with E-state index in [1.165, 1.54) is 6.92 Å². The molecule has 1 aromatic rings. The number of rotatable bonds is 4. The second kappa shape index (κ2) is 3.91. The van der Waals surface area contributed by atoms with Crippen LogP contribution in [-0.4, -0.2) is 10.7 Å². The predicted octanol–water partition coefficient (Wildman–Crippen LogP) is 2.65. The first kappa shape index (κ1) is 11.7. The van der Waals surface area contributed by atoms with E-state index in [4.69, 9.17) is 0 Å². The van der Waals surface area contributed by atoms with Crippen LogP contribution in [0.2, 0.25) is 0 Å². The molecular formula is C12H12FNO3. The highest BCUT2D eigenvalue weighted by Crippen LogP contribution is 2.50. The highest BCUT2D eigenvalue weighted by atomic mass is 19.1. The monoisotopic (exact) mass is 237 g/mol. The SMILES string of the molecule is CC(=O)C1(Cc2cc(F)ccc2[N+](=O)[O-])CC1. The Bertz CT molecular complexity index is 495. The lowest BCUT2D eigenvalue weighted by atomic mass is 9.92. The van der Waals surface area contributed by atoms with Crippen molar-refractivity contribution in [1.82, 2.24) is 0 Å². The topological polar surface area (TPSA) is 60.2 Å². The summed E-state index contributed by atoms with van der Waals surface area (Å²) in [6, 6.07) is 3.37. The summed E-state index contributed by atoms with van der Waals surface area (Å²) >= 11 is 0. The molecule has 0 amide bonds. The van der Waals surface area contributed by atoms with Gasteiger partial charge in [-0.05, 0) is 38.3 Å². The van der Waals surface area contributed by atoms with Crippen molar-refractivity contribution >= 4 is 11.5 Å². The fourth-order valence-corrected chi connectivity index (χ4v) is 2.04. The van der Waals surface area contributed by atoms with Crippen LogP contribution in [0.3, 0.4) is 0 Å². The van der Waals surface area contributed by atoms with Crippen molar-refractivity contribution in [2.75, 3.05) is 0 Å². The van der Waals surface area contributed by atoms with Crippen LogP contribution in [0.15, 0.2) is 18.2 Å². The molecule has 0 heterocycles. The van der Waals surface area contributed by atoms with Crippen molar-refractivity contribution in [3.8, 4) is 0 Å². The summed E-state index contributed by atoms with van der Waals surface area (Å²) in [5.74, 6) is -0.485. The van der Waals surface area contributed by atoms with Gasteiger partial charge in [0.15, 0.2) is 0 Å². The van der Waals surface area contributed by atoms with Gasteiger partial charge >= 0.3 is 0 Å². The summed E-state index contributed by atoms with van der Waals surface area (Å²) in [5.41, 5.74) is -0.292. The smallest absolute Gasteiger partial charge is 0.272 e. The molecule has 0 N–H and O–H groups in total. The van der Waals surface area contributed by atoms with Gasteiger partial charge in [-0.1, -0.05) is 0 Å². The number of nitrogens with zero attached hydrogens (tertiary/aromatic N) is 1. The Morgan fingerprint density at radius 1 is 1.53 bits per heavy atom. The van der Waals surface area contributed by atoms with Crippen molar-refractivity contribution in [1.29, 1.82) is 0 Å². The predicted molar refractivity (Wildman–Crippen MR) is 59.1 cm³/mol. The maximum atomic E-state index is 13.1. The third-order valence-corrected chi connectivity index (χ3v) is 3.37. The molecule has 17 heavy (non-hydrogen) atoms. The molecular weight excluding hydrogens is 225 g/mol. The van der Waals surface area contributed by atoms with Gasteiger partial charge in [-0.3, -0.25) is 14.9 Å². The Labute approximate surface area is 97.6 Å². The maximum absolute atomic E-state index is 13.1. The van der Waals surface area contributed by atoms with Crippen LogP contribution in [0.25, 0.3) is 0 Å². The number of ketones is 1. The van der Waals surface area contributed by atoms with Crippen LogP contribution >= 0.6 is 0 Å². The number of carbonyl (C=O) groups excluding carboxylic acids is 1. The van der Waals surface area contributed by atoms with Gasteiger partial charge in [-0.25, -0.2) is 4.39 Å². The number of benzene rings is 1. The number of nitro groups is 1. The highest BCUT2D eigenvalue weighted by Gasteiger charge is 2.48. The molecule has 0 spiro atoms. The molecule has 1 fully saturated rings.